The van der Waals surface area contributed by atoms with Gasteiger partial charge in [0.1, 0.15) is 5.69 Å². The van der Waals surface area contributed by atoms with E-state index in [2.05, 4.69) is 9.97 Å². The number of hydrogen-bond donors (Lipinski definition) is 2. The number of H-pyrrole nitrogens is 2. The summed E-state index contributed by atoms with van der Waals surface area (Å²) in [6.45, 7) is 0. The number of benzene rings is 1. The van der Waals surface area contributed by atoms with E-state index in [0.29, 0.717) is 10.5 Å². The first-order chi connectivity index (χ1) is 8.61. The molecule has 2 aromatic rings. The first kappa shape index (κ1) is 12.9. The topological polar surface area (TPSA) is 51.9 Å². The van der Waals surface area contributed by atoms with Crippen molar-refractivity contribution in [2.45, 2.75) is 4.90 Å². The number of anilines is 1. The van der Waals surface area contributed by atoms with Crippen molar-refractivity contribution in [3.05, 3.63) is 40.9 Å². The van der Waals surface area contributed by atoms with Gasteiger partial charge in [-0.05, 0) is 42.7 Å². The van der Waals surface area contributed by atoms with E-state index < -0.39 is 0 Å². The Morgan fingerprint density at radius 1 is 1.33 bits per heavy atom. The number of carbonyl (C=O) groups excluding carboxylic acids is 1. The van der Waals surface area contributed by atoms with Crippen LogP contribution in [0.1, 0.15) is 10.5 Å². The Morgan fingerprint density at radius 2 is 2.00 bits per heavy atom. The van der Waals surface area contributed by atoms with Gasteiger partial charge < -0.3 is 14.9 Å². The third-order valence-electron chi connectivity index (χ3n) is 2.59. The van der Waals surface area contributed by atoms with Gasteiger partial charge in [0, 0.05) is 23.8 Å². The monoisotopic (exact) mass is 279 g/mol. The maximum absolute atomic E-state index is 12.1. The lowest BCUT2D eigenvalue weighted by atomic mass is 10.3. The van der Waals surface area contributed by atoms with Gasteiger partial charge in [-0.3, -0.25) is 4.79 Å². The summed E-state index contributed by atoms with van der Waals surface area (Å²) in [5.41, 5.74) is 1.30. The van der Waals surface area contributed by atoms with E-state index in [0.717, 1.165) is 5.69 Å². The summed E-state index contributed by atoms with van der Waals surface area (Å²) in [4.78, 5) is 20.5. The van der Waals surface area contributed by atoms with E-state index in [4.69, 9.17) is 12.2 Å². The number of amides is 1. The molecule has 1 amide bonds. The van der Waals surface area contributed by atoms with Gasteiger partial charge >= 0.3 is 0 Å². The van der Waals surface area contributed by atoms with Crippen molar-refractivity contribution in [2.24, 2.45) is 0 Å². The summed E-state index contributed by atoms with van der Waals surface area (Å²) >= 11 is 6.57. The van der Waals surface area contributed by atoms with Gasteiger partial charge in [-0.25, -0.2) is 0 Å². The Bertz CT molecular complexity index is 600. The molecule has 0 aliphatic rings. The number of thioether (sulfide) groups is 1. The van der Waals surface area contributed by atoms with Crippen molar-refractivity contribution < 1.29 is 4.79 Å². The normalized spacial score (nSPS) is 10.3. The van der Waals surface area contributed by atoms with Crippen molar-refractivity contribution >= 4 is 35.6 Å². The summed E-state index contributed by atoms with van der Waals surface area (Å²) in [6.07, 6.45) is 3.60. The molecule has 1 heterocycles. The van der Waals surface area contributed by atoms with Crippen molar-refractivity contribution in [1.82, 2.24) is 9.97 Å². The number of hydrogen-bond acceptors (Lipinski definition) is 3. The average molecular weight is 279 g/mol. The standard InChI is InChI=1S/C12H13N3OS2/c1-15(8-3-5-9(18-2)6-4-8)11(16)10-7-13-12(17)14-10/h3-7H,1-2H3,(H2,13,14,17). The van der Waals surface area contributed by atoms with Crippen LogP contribution < -0.4 is 4.90 Å². The van der Waals surface area contributed by atoms with Crippen LogP contribution in [0, 0.1) is 4.77 Å². The summed E-state index contributed by atoms with van der Waals surface area (Å²) in [6, 6.07) is 7.82. The minimum atomic E-state index is -0.126. The van der Waals surface area contributed by atoms with Crippen molar-refractivity contribution in [2.75, 3.05) is 18.2 Å². The molecule has 1 aromatic carbocycles. The van der Waals surface area contributed by atoms with Crippen LogP contribution in [0.3, 0.4) is 0 Å². The minimum absolute atomic E-state index is 0.126. The smallest absolute Gasteiger partial charge is 0.276 e. The van der Waals surface area contributed by atoms with E-state index in [9.17, 15) is 4.79 Å². The van der Waals surface area contributed by atoms with Gasteiger partial charge in [-0.2, -0.15) is 0 Å². The van der Waals surface area contributed by atoms with Gasteiger partial charge in [0.05, 0.1) is 0 Å². The lowest BCUT2D eigenvalue weighted by Crippen LogP contribution is -2.26. The molecule has 18 heavy (non-hydrogen) atoms. The summed E-state index contributed by atoms with van der Waals surface area (Å²) in [5, 5.41) is 0. The van der Waals surface area contributed by atoms with E-state index >= 15 is 0 Å². The molecule has 1 aromatic heterocycles. The fourth-order valence-corrected chi connectivity index (χ4v) is 2.13. The lowest BCUT2D eigenvalue weighted by Gasteiger charge is -2.16. The van der Waals surface area contributed by atoms with Gasteiger partial charge in [-0.1, -0.05) is 0 Å². The minimum Gasteiger partial charge on any atom is -0.337 e. The van der Waals surface area contributed by atoms with Crippen LogP contribution in [0.15, 0.2) is 35.4 Å². The first-order valence-electron chi connectivity index (χ1n) is 5.31. The zero-order chi connectivity index (χ0) is 13.1. The molecule has 0 aliphatic carbocycles. The number of nitrogens with zero attached hydrogens (tertiary/aromatic N) is 1. The maximum Gasteiger partial charge on any atom is 0.276 e. The molecule has 2 rings (SSSR count). The van der Waals surface area contributed by atoms with Crippen molar-refractivity contribution in [1.29, 1.82) is 0 Å². The second kappa shape index (κ2) is 5.41. The highest BCUT2D eigenvalue weighted by Gasteiger charge is 2.14. The molecule has 0 atom stereocenters. The number of aromatic nitrogens is 2. The Hall–Kier alpha value is -1.53. The van der Waals surface area contributed by atoms with Gasteiger partial charge in [0.25, 0.3) is 5.91 Å². The first-order valence-corrected chi connectivity index (χ1v) is 6.95. The molecule has 0 aliphatic heterocycles. The second-order valence-corrected chi connectivity index (χ2v) is 5.01. The van der Waals surface area contributed by atoms with E-state index in [-0.39, 0.29) is 5.91 Å². The average Bonchev–Trinajstić information content (AvgIpc) is 2.84. The zero-order valence-electron chi connectivity index (χ0n) is 10.1. The lowest BCUT2D eigenvalue weighted by molar-refractivity contribution is 0.0988. The van der Waals surface area contributed by atoms with Gasteiger partial charge in [0.15, 0.2) is 4.77 Å². The molecule has 4 nitrogen and oxygen atoms in total. The largest absolute Gasteiger partial charge is 0.337 e. The fourth-order valence-electron chi connectivity index (χ4n) is 1.55. The second-order valence-electron chi connectivity index (χ2n) is 3.72. The number of imidazole rings is 1. The van der Waals surface area contributed by atoms with E-state index in [1.807, 2.05) is 30.5 Å². The van der Waals surface area contributed by atoms with Crippen LogP contribution >= 0.6 is 24.0 Å². The highest BCUT2D eigenvalue weighted by atomic mass is 32.2. The fraction of sp³-hybridized carbons (Fsp3) is 0.167. The zero-order valence-corrected chi connectivity index (χ0v) is 11.7. The number of aromatic amines is 2. The molecule has 6 heteroatoms. The molecule has 2 N–H and O–H groups in total. The number of carbonyl (C=O) groups is 1. The predicted octanol–water partition coefficient (Wildman–Crippen LogP) is 3.07. The number of nitrogens with one attached hydrogen (secondary N) is 2. The Kier molecular flexibility index (Phi) is 3.88. The Balaban J connectivity index is 2.22. The van der Waals surface area contributed by atoms with Gasteiger partial charge in [-0.15, -0.1) is 11.8 Å². The Morgan fingerprint density at radius 3 is 2.50 bits per heavy atom. The van der Waals surface area contributed by atoms with Gasteiger partial charge in [0.2, 0.25) is 0 Å². The van der Waals surface area contributed by atoms with Crippen LogP contribution in [-0.2, 0) is 0 Å². The molecular formula is C12H13N3OS2. The van der Waals surface area contributed by atoms with E-state index in [1.165, 1.54) is 4.90 Å². The number of rotatable bonds is 3. The molecule has 0 spiro atoms. The molecule has 0 unspecified atom stereocenters. The third kappa shape index (κ3) is 2.65. The predicted molar refractivity (Wildman–Crippen MR) is 76.9 cm³/mol. The van der Waals surface area contributed by atoms with Crippen molar-refractivity contribution in [3.8, 4) is 0 Å². The summed E-state index contributed by atoms with van der Waals surface area (Å²) in [5.74, 6) is -0.126. The van der Waals surface area contributed by atoms with Crippen LogP contribution in [0.4, 0.5) is 5.69 Å². The molecule has 0 fully saturated rings. The molecule has 0 bridgehead atoms. The summed E-state index contributed by atoms with van der Waals surface area (Å²) < 4.78 is 0.449. The molecule has 94 valence electrons. The van der Waals surface area contributed by atoms with E-state index in [1.54, 1.807) is 29.9 Å². The van der Waals surface area contributed by atoms with Crippen LogP contribution in [-0.4, -0.2) is 29.2 Å². The molecule has 0 saturated carbocycles. The third-order valence-corrected chi connectivity index (χ3v) is 3.55. The molecular weight excluding hydrogens is 266 g/mol. The Labute approximate surface area is 114 Å². The van der Waals surface area contributed by atoms with Crippen LogP contribution in [0.5, 0.6) is 0 Å². The van der Waals surface area contributed by atoms with Crippen molar-refractivity contribution in [3.63, 3.8) is 0 Å². The van der Waals surface area contributed by atoms with Crippen LogP contribution in [0.25, 0.3) is 0 Å². The quantitative estimate of drug-likeness (QED) is 0.670. The van der Waals surface area contributed by atoms with Crippen LogP contribution in [0.2, 0.25) is 0 Å². The molecule has 0 saturated heterocycles. The summed E-state index contributed by atoms with van der Waals surface area (Å²) in [7, 11) is 1.74. The SMILES string of the molecule is CSc1ccc(N(C)C(=O)c2c[nH]c(=S)[nH]2)cc1. The maximum atomic E-state index is 12.1. The molecule has 0 radical (unpaired) electrons. The highest BCUT2D eigenvalue weighted by Crippen LogP contribution is 2.20. The highest BCUT2D eigenvalue weighted by molar-refractivity contribution is 7.98.